The number of nitrogens with one attached hydrogen (secondary N) is 2. The molecule has 0 unspecified atom stereocenters. The van der Waals surface area contributed by atoms with Crippen LogP contribution >= 0.6 is 11.3 Å². The number of nitrogens with zero attached hydrogens (tertiary/aromatic N) is 1. The molecule has 0 aliphatic rings. The van der Waals surface area contributed by atoms with Gasteiger partial charge in [-0.15, -0.1) is 0 Å². The summed E-state index contributed by atoms with van der Waals surface area (Å²) >= 11 is 1.51. The van der Waals surface area contributed by atoms with Gasteiger partial charge in [0.2, 0.25) is 0 Å². The number of amides is 2. The summed E-state index contributed by atoms with van der Waals surface area (Å²) in [5.74, 6) is 0. The maximum Gasteiger partial charge on any atom is 0.321 e. The minimum absolute atomic E-state index is 0.174. The average molecular weight is 291 g/mol. The Morgan fingerprint density at radius 2 is 2.00 bits per heavy atom. The molecule has 0 aliphatic heterocycles. The van der Waals surface area contributed by atoms with Crippen LogP contribution in [0.5, 0.6) is 0 Å². The first-order valence-electron chi connectivity index (χ1n) is 6.98. The van der Waals surface area contributed by atoms with Crippen molar-refractivity contribution < 1.29 is 4.79 Å². The van der Waals surface area contributed by atoms with E-state index in [1.165, 1.54) is 16.9 Å². The molecule has 0 aliphatic carbocycles. The van der Waals surface area contributed by atoms with E-state index in [4.69, 9.17) is 0 Å². The zero-order chi connectivity index (χ0) is 14.7. The molecule has 2 N–H and O–H groups in total. The maximum atomic E-state index is 11.9. The smallest absolute Gasteiger partial charge is 0.321 e. The third-order valence-electron chi connectivity index (χ3n) is 3.37. The minimum atomic E-state index is -0.174. The molecule has 2 rings (SSSR count). The van der Waals surface area contributed by atoms with E-state index in [1.54, 1.807) is 0 Å². The topological polar surface area (TPSA) is 54.0 Å². The number of carbonyl (C=O) groups excluding carboxylic acids is 1. The molecule has 0 saturated carbocycles. The van der Waals surface area contributed by atoms with Gasteiger partial charge in [0.05, 0.1) is 10.2 Å². The monoisotopic (exact) mass is 291 g/mol. The summed E-state index contributed by atoms with van der Waals surface area (Å²) in [5.41, 5.74) is 3.33. The van der Waals surface area contributed by atoms with Crippen molar-refractivity contribution in [3.63, 3.8) is 0 Å². The van der Waals surface area contributed by atoms with Crippen molar-refractivity contribution in [1.82, 2.24) is 10.3 Å². The van der Waals surface area contributed by atoms with E-state index in [-0.39, 0.29) is 12.1 Å². The van der Waals surface area contributed by atoms with Crippen molar-refractivity contribution >= 4 is 32.7 Å². The van der Waals surface area contributed by atoms with E-state index >= 15 is 0 Å². The fraction of sp³-hybridized carbons (Fsp3) is 0.467. The molecular formula is C15H21N3OS. The minimum Gasteiger partial charge on any atom is -0.335 e. The highest BCUT2D eigenvalue weighted by Gasteiger charge is 2.12. The fourth-order valence-electron chi connectivity index (χ4n) is 2.24. The lowest BCUT2D eigenvalue weighted by Crippen LogP contribution is -2.37. The SMILES string of the molecule is CCC(CC)NC(=O)Nc1nc2c(C)cc(C)cc2s1. The van der Waals surface area contributed by atoms with Crippen LogP contribution in [0, 0.1) is 13.8 Å². The summed E-state index contributed by atoms with van der Waals surface area (Å²) in [6, 6.07) is 4.25. The number of anilines is 1. The molecule has 0 spiro atoms. The lowest BCUT2D eigenvalue weighted by Gasteiger charge is -2.14. The summed E-state index contributed by atoms with van der Waals surface area (Å²) in [6.45, 7) is 8.25. The van der Waals surface area contributed by atoms with E-state index in [0.717, 1.165) is 28.6 Å². The van der Waals surface area contributed by atoms with Crippen LogP contribution in [0.1, 0.15) is 37.8 Å². The van der Waals surface area contributed by atoms with Gasteiger partial charge in [-0.1, -0.05) is 31.3 Å². The standard InChI is InChI=1S/C15H21N3OS/c1-5-11(6-2)16-14(19)18-15-17-13-10(4)7-9(3)8-12(13)20-15/h7-8,11H,5-6H2,1-4H3,(H2,16,17,18,19). The number of thiazole rings is 1. The van der Waals surface area contributed by atoms with Gasteiger partial charge in [-0.25, -0.2) is 9.78 Å². The van der Waals surface area contributed by atoms with Crippen LogP contribution in [0.15, 0.2) is 12.1 Å². The highest BCUT2D eigenvalue weighted by atomic mass is 32.1. The molecule has 5 heteroatoms. The van der Waals surface area contributed by atoms with Gasteiger partial charge < -0.3 is 5.32 Å². The largest absolute Gasteiger partial charge is 0.335 e. The number of aromatic nitrogens is 1. The van der Waals surface area contributed by atoms with Crippen molar-refractivity contribution in [3.05, 3.63) is 23.3 Å². The first-order valence-corrected chi connectivity index (χ1v) is 7.80. The molecule has 1 aromatic heterocycles. The number of carbonyl (C=O) groups is 1. The van der Waals surface area contributed by atoms with Gasteiger partial charge >= 0.3 is 6.03 Å². The number of hydrogen-bond acceptors (Lipinski definition) is 3. The Hall–Kier alpha value is -1.62. The molecule has 1 heterocycles. The van der Waals surface area contributed by atoms with Gasteiger partial charge in [0.15, 0.2) is 5.13 Å². The molecule has 20 heavy (non-hydrogen) atoms. The fourth-order valence-corrected chi connectivity index (χ4v) is 3.27. The van der Waals surface area contributed by atoms with Gasteiger partial charge in [0.1, 0.15) is 0 Å². The van der Waals surface area contributed by atoms with E-state index < -0.39 is 0 Å². The van der Waals surface area contributed by atoms with Crippen LogP contribution in [-0.4, -0.2) is 17.1 Å². The Bertz CT molecular complexity index is 617. The predicted molar refractivity (Wildman–Crippen MR) is 85.6 cm³/mol. The molecule has 0 saturated heterocycles. The quantitative estimate of drug-likeness (QED) is 0.886. The van der Waals surface area contributed by atoms with Gasteiger partial charge in [-0.05, 0) is 43.9 Å². The zero-order valence-electron chi connectivity index (χ0n) is 12.4. The highest BCUT2D eigenvalue weighted by Crippen LogP contribution is 2.29. The zero-order valence-corrected chi connectivity index (χ0v) is 13.2. The average Bonchev–Trinajstić information content (AvgIpc) is 2.78. The summed E-state index contributed by atoms with van der Waals surface area (Å²) in [7, 11) is 0. The Balaban J connectivity index is 2.14. The van der Waals surface area contributed by atoms with Crippen LogP contribution in [0.3, 0.4) is 0 Å². The Labute approximate surface area is 123 Å². The van der Waals surface area contributed by atoms with Crippen molar-refractivity contribution in [1.29, 1.82) is 0 Å². The molecule has 4 nitrogen and oxygen atoms in total. The number of fused-ring (bicyclic) bond motifs is 1. The summed E-state index contributed by atoms with van der Waals surface area (Å²) in [6.07, 6.45) is 1.87. The van der Waals surface area contributed by atoms with Crippen molar-refractivity contribution in [2.24, 2.45) is 0 Å². The molecule has 2 amide bonds. The summed E-state index contributed by atoms with van der Waals surface area (Å²) < 4.78 is 1.11. The molecule has 0 bridgehead atoms. The molecule has 0 atom stereocenters. The summed E-state index contributed by atoms with van der Waals surface area (Å²) in [4.78, 5) is 16.4. The number of rotatable bonds is 4. The number of hydrogen-bond donors (Lipinski definition) is 2. The highest BCUT2D eigenvalue weighted by molar-refractivity contribution is 7.22. The van der Waals surface area contributed by atoms with E-state index in [2.05, 4.69) is 48.5 Å². The molecule has 108 valence electrons. The van der Waals surface area contributed by atoms with Gasteiger partial charge in [-0.2, -0.15) is 0 Å². The first kappa shape index (κ1) is 14.8. The Morgan fingerprint density at radius 1 is 1.30 bits per heavy atom. The van der Waals surface area contributed by atoms with Crippen LogP contribution in [0.2, 0.25) is 0 Å². The first-order chi connectivity index (χ1) is 9.53. The summed E-state index contributed by atoms with van der Waals surface area (Å²) in [5, 5.41) is 6.44. The van der Waals surface area contributed by atoms with Crippen LogP contribution in [-0.2, 0) is 0 Å². The molecule has 0 fully saturated rings. The third-order valence-corrected chi connectivity index (χ3v) is 4.29. The Morgan fingerprint density at radius 3 is 2.65 bits per heavy atom. The lowest BCUT2D eigenvalue weighted by atomic mass is 10.1. The van der Waals surface area contributed by atoms with Crippen molar-refractivity contribution in [3.8, 4) is 0 Å². The second-order valence-electron chi connectivity index (χ2n) is 5.06. The molecular weight excluding hydrogens is 270 g/mol. The lowest BCUT2D eigenvalue weighted by molar-refractivity contribution is 0.247. The second kappa shape index (κ2) is 6.22. The predicted octanol–water partition coefficient (Wildman–Crippen LogP) is 4.22. The maximum absolute atomic E-state index is 11.9. The molecule has 2 aromatic rings. The van der Waals surface area contributed by atoms with E-state index in [9.17, 15) is 4.79 Å². The number of urea groups is 1. The van der Waals surface area contributed by atoms with Crippen LogP contribution in [0.4, 0.5) is 9.93 Å². The number of benzene rings is 1. The Kier molecular flexibility index (Phi) is 4.60. The van der Waals surface area contributed by atoms with Crippen molar-refractivity contribution in [2.45, 2.75) is 46.6 Å². The van der Waals surface area contributed by atoms with E-state index in [1.807, 2.05) is 6.92 Å². The van der Waals surface area contributed by atoms with Gasteiger partial charge in [0.25, 0.3) is 0 Å². The van der Waals surface area contributed by atoms with Gasteiger partial charge in [0, 0.05) is 6.04 Å². The molecule has 0 radical (unpaired) electrons. The van der Waals surface area contributed by atoms with Gasteiger partial charge in [-0.3, -0.25) is 5.32 Å². The van der Waals surface area contributed by atoms with Crippen LogP contribution in [0.25, 0.3) is 10.2 Å². The van der Waals surface area contributed by atoms with Crippen LogP contribution < -0.4 is 10.6 Å². The normalized spacial score (nSPS) is 11.1. The van der Waals surface area contributed by atoms with Crippen molar-refractivity contribution in [2.75, 3.05) is 5.32 Å². The second-order valence-corrected chi connectivity index (χ2v) is 6.09. The van der Waals surface area contributed by atoms with E-state index in [0.29, 0.717) is 5.13 Å². The molecule has 1 aromatic carbocycles. The third kappa shape index (κ3) is 3.28. The number of aryl methyl sites for hydroxylation is 2.